The van der Waals surface area contributed by atoms with Crippen LogP contribution in [-0.4, -0.2) is 58.8 Å². The fourth-order valence-corrected chi connectivity index (χ4v) is 6.02. The van der Waals surface area contributed by atoms with Crippen LogP contribution < -0.4 is 15.4 Å². The predicted octanol–water partition coefficient (Wildman–Crippen LogP) is 1.96. The average molecular weight is 475 g/mol. The Kier molecular flexibility index (Phi) is 5.57. The van der Waals surface area contributed by atoms with Crippen LogP contribution in [0.5, 0.6) is 5.75 Å². The van der Waals surface area contributed by atoms with Gasteiger partial charge in [0, 0.05) is 56.6 Å². The molecule has 0 radical (unpaired) electrons. The standard InChI is InChI=1S/C27H30N4O4/c32-23-9-8-21(25(33)29-23)31-16-20-6-3-5-19(24(20)26(31)34)15-30-14-18-4-1-2-7-22(18)35-27(17-30)10-12-28-13-11-27/h1-7,21,28H,8-17H2,(H,29,32,33). The van der Waals surface area contributed by atoms with Crippen molar-refractivity contribution >= 4 is 17.7 Å². The van der Waals surface area contributed by atoms with Crippen LogP contribution in [-0.2, 0) is 29.2 Å². The summed E-state index contributed by atoms with van der Waals surface area (Å²) in [6.45, 7) is 4.42. The van der Waals surface area contributed by atoms with Crippen LogP contribution >= 0.6 is 0 Å². The van der Waals surface area contributed by atoms with Gasteiger partial charge >= 0.3 is 0 Å². The average Bonchev–Trinajstić information content (AvgIpc) is 3.09. The molecule has 2 fully saturated rings. The maximum absolute atomic E-state index is 13.6. The van der Waals surface area contributed by atoms with E-state index in [-0.39, 0.29) is 29.7 Å². The number of fused-ring (bicyclic) bond motifs is 2. The van der Waals surface area contributed by atoms with Gasteiger partial charge in [0.25, 0.3) is 5.91 Å². The van der Waals surface area contributed by atoms with E-state index in [9.17, 15) is 14.4 Å². The van der Waals surface area contributed by atoms with Gasteiger partial charge in [0.05, 0.1) is 0 Å². The second-order valence-corrected chi connectivity index (χ2v) is 10.1. The maximum atomic E-state index is 13.6. The minimum atomic E-state index is -0.600. The number of carbonyl (C=O) groups excluding carboxylic acids is 3. The van der Waals surface area contributed by atoms with Gasteiger partial charge in [0.15, 0.2) is 0 Å². The summed E-state index contributed by atoms with van der Waals surface area (Å²) in [6, 6.07) is 13.6. The number of benzene rings is 2. The van der Waals surface area contributed by atoms with Crippen molar-refractivity contribution in [1.29, 1.82) is 0 Å². The summed E-state index contributed by atoms with van der Waals surface area (Å²) < 4.78 is 6.66. The lowest BCUT2D eigenvalue weighted by Crippen LogP contribution is -2.52. The Labute approximate surface area is 204 Å². The zero-order chi connectivity index (χ0) is 24.0. The van der Waals surface area contributed by atoms with Crippen molar-refractivity contribution in [3.05, 3.63) is 64.7 Å². The molecule has 2 aromatic carbocycles. The molecule has 4 heterocycles. The first-order valence-electron chi connectivity index (χ1n) is 12.5. The number of hydrogen-bond donors (Lipinski definition) is 2. The molecule has 2 aromatic rings. The Morgan fingerprint density at radius 3 is 2.60 bits per heavy atom. The highest BCUT2D eigenvalue weighted by atomic mass is 16.5. The molecule has 1 spiro atoms. The molecule has 4 aliphatic heterocycles. The van der Waals surface area contributed by atoms with Crippen LogP contribution in [0.15, 0.2) is 42.5 Å². The molecule has 0 saturated carbocycles. The Bertz CT molecular complexity index is 1190. The lowest BCUT2D eigenvalue weighted by molar-refractivity contribution is -0.136. The van der Waals surface area contributed by atoms with Gasteiger partial charge in [-0.25, -0.2) is 0 Å². The normalized spacial score (nSPS) is 23.9. The summed E-state index contributed by atoms with van der Waals surface area (Å²) in [4.78, 5) is 41.6. The second kappa shape index (κ2) is 8.77. The number of imide groups is 1. The van der Waals surface area contributed by atoms with Gasteiger partial charge in [-0.3, -0.25) is 24.6 Å². The SMILES string of the molecule is O=C1CCC(N2Cc3cccc(CN4Cc5ccccc5OC5(CCNCC5)C4)c3C2=O)C(=O)N1. The summed E-state index contributed by atoms with van der Waals surface area (Å²) in [5, 5.41) is 5.83. The molecule has 182 valence electrons. The fourth-order valence-electron chi connectivity index (χ4n) is 6.02. The molecule has 8 heteroatoms. The summed E-state index contributed by atoms with van der Waals surface area (Å²) >= 11 is 0. The Morgan fingerprint density at radius 2 is 1.77 bits per heavy atom. The number of carbonyl (C=O) groups is 3. The van der Waals surface area contributed by atoms with Gasteiger partial charge in [-0.1, -0.05) is 36.4 Å². The van der Waals surface area contributed by atoms with Crippen molar-refractivity contribution < 1.29 is 19.1 Å². The third kappa shape index (κ3) is 4.10. The Morgan fingerprint density at radius 1 is 0.971 bits per heavy atom. The highest BCUT2D eigenvalue weighted by molar-refractivity contribution is 6.06. The van der Waals surface area contributed by atoms with E-state index in [2.05, 4.69) is 27.7 Å². The molecule has 6 rings (SSSR count). The van der Waals surface area contributed by atoms with E-state index >= 15 is 0 Å². The van der Waals surface area contributed by atoms with Crippen molar-refractivity contribution in [3.8, 4) is 5.75 Å². The Hall–Kier alpha value is -3.23. The minimum absolute atomic E-state index is 0.117. The quantitative estimate of drug-likeness (QED) is 0.661. The number of nitrogens with one attached hydrogen (secondary N) is 2. The molecule has 2 N–H and O–H groups in total. The highest BCUT2D eigenvalue weighted by Gasteiger charge is 2.42. The number of rotatable bonds is 3. The molecule has 3 amide bonds. The molecule has 0 aromatic heterocycles. The van der Waals surface area contributed by atoms with Crippen molar-refractivity contribution in [2.75, 3.05) is 19.6 Å². The second-order valence-electron chi connectivity index (χ2n) is 10.1. The van der Waals surface area contributed by atoms with Crippen LogP contribution in [0.2, 0.25) is 0 Å². The monoisotopic (exact) mass is 474 g/mol. The summed E-state index contributed by atoms with van der Waals surface area (Å²) in [6.07, 6.45) is 2.50. The topological polar surface area (TPSA) is 91.0 Å². The molecule has 1 atom stereocenters. The van der Waals surface area contributed by atoms with E-state index in [1.165, 1.54) is 0 Å². The smallest absolute Gasteiger partial charge is 0.255 e. The number of hydrogen-bond acceptors (Lipinski definition) is 6. The van der Waals surface area contributed by atoms with E-state index in [0.717, 1.165) is 61.5 Å². The molecule has 35 heavy (non-hydrogen) atoms. The number of para-hydroxylation sites is 1. The van der Waals surface area contributed by atoms with E-state index < -0.39 is 6.04 Å². The predicted molar refractivity (Wildman–Crippen MR) is 129 cm³/mol. The molecule has 0 bridgehead atoms. The molecule has 8 nitrogen and oxygen atoms in total. The zero-order valence-corrected chi connectivity index (χ0v) is 19.7. The van der Waals surface area contributed by atoms with Gasteiger partial charge in [0.1, 0.15) is 17.4 Å². The molecular formula is C27H30N4O4. The van der Waals surface area contributed by atoms with Crippen molar-refractivity contribution in [3.63, 3.8) is 0 Å². The van der Waals surface area contributed by atoms with E-state index in [1.54, 1.807) is 4.90 Å². The van der Waals surface area contributed by atoms with Crippen LogP contribution in [0, 0.1) is 0 Å². The number of amides is 3. The summed E-state index contributed by atoms with van der Waals surface area (Å²) in [7, 11) is 0. The summed E-state index contributed by atoms with van der Waals surface area (Å²) in [5.74, 6) is 0.188. The first-order valence-corrected chi connectivity index (χ1v) is 12.5. The lowest BCUT2D eigenvalue weighted by atomic mass is 9.91. The number of ether oxygens (including phenoxy) is 1. The van der Waals surface area contributed by atoms with Gasteiger partial charge < -0.3 is 15.0 Å². The van der Waals surface area contributed by atoms with Crippen molar-refractivity contribution in [2.45, 2.75) is 57.0 Å². The third-order valence-electron chi connectivity index (χ3n) is 7.75. The van der Waals surface area contributed by atoms with Crippen LogP contribution in [0.4, 0.5) is 0 Å². The van der Waals surface area contributed by atoms with Gasteiger partial charge in [-0.05, 0) is 36.7 Å². The van der Waals surface area contributed by atoms with Crippen molar-refractivity contribution in [2.24, 2.45) is 0 Å². The lowest BCUT2D eigenvalue weighted by Gasteiger charge is -2.39. The fraction of sp³-hybridized carbons (Fsp3) is 0.444. The first kappa shape index (κ1) is 22.2. The zero-order valence-electron chi connectivity index (χ0n) is 19.7. The van der Waals surface area contributed by atoms with E-state index in [0.29, 0.717) is 25.1 Å². The molecular weight excluding hydrogens is 444 g/mol. The molecule has 0 aliphatic carbocycles. The van der Waals surface area contributed by atoms with Crippen LogP contribution in [0.1, 0.15) is 52.7 Å². The first-order chi connectivity index (χ1) is 17.0. The molecule has 1 unspecified atom stereocenters. The number of piperidine rings is 2. The molecule has 4 aliphatic rings. The van der Waals surface area contributed by atoms with E-state index in [1.807, 2.05) is 30.3 Å². The minimum Gasteiger partial charge on any atom is -0.486 e. The summed E-state index contributed by atoms with van der Waals surface area (Å²) in [5.41, 5.74) is 3.53. The number of nitrogens with zero attached hydrogens (tertiary/aromatic N) is 2. The van der Waals surface area contributed by atoms with E-state index in [4.69, 9.17) is 4.74 Å². The Balaban J connectivity index is 1.28. The third-order valence-corrected chi connectivity index (χ3v) is 7.75. The van der Waals surface area contributed by atoms with Gasteiger partial charge in [-0.15, -0.1) is 0 Å². The maximum Gasteiger partial charge on any atom is 0.255 e. The van der Waals surface area contributed by atoms with Gasteiger partial charge in [-0.2, -0.15) is 0 Å². The van der Waals surface area contributed by atoms with Crippen molar-refractivity contribution in [1.82, 2.24) is 20.4 Å². The molecule has 2 saturated heterocycles. The largest absolute Gasteiger partial charge is 0.486 e. The van der Waals surface area contributed by atoms with Crippen LogP contribution in [0.3, 0.4) is 0 Å². The van der Waals surface area contributed by atoms with Gasteiger partial charge in [0.2, 0.25) is 11.8 Å². The van der Waals surface area contributed by atoms with Crippen LogP contribution in [0.25, 0.3) is 0 Å². The highest BCUT2D eigenvalue weighted by Crippen LogP contribution is 2.36.